The molecule has 11 nitrogen and oxygen atoms in total. The molecule has 33 heavy (non-hydrogen) atoms. The molecule has 11 heteroatoms. The quantitative estimate of drug-likeness (QED) is 0.579. The molecular weight excluding hydrogens is 426 g/mol. The molecule has 2 fully saturated rings. The summed E-state index contributed by atoms with van der Waals surface area (Å²) in [4.78, 5) is 22.7. The van der Waals surface area contributed by atoms with Crippen LogP contribution in [0.3, 0.4) is 0 Å². The fourth-order valence-corrected chi connectivity index (χ4v) is 4.13. The molecule has 2 saturated heterocycles. The summed E-state index contributed by atoms with van der Waals surface area (Å²) < 4.78 is 21.9. The average Bonchev–Trinajstić information content (AvgIpc) is 3.36. The SMILES string of the molecule is COc1ccc(-c2cnc3nc(N)nc(N4CCN(CC5OCCO5)CC4)c3n2)cc1OC. The van der Waals surface area contributed by atoms with Gasteiger partial charge in [-0.05, 0) is 18.2 Å². The molecule has 2 aliphatic heterocycles. The highest BCUT2D eigenvalue weighted by Crippen LogP contribution is 2.32. The Morgan fingerprint density at radius 3 is 2.48 bits per heavy atom. The van der Waals surface area contributed by atoms with Crippen LogP contribution in [-0.4, -0.2) is 91.3 Å². The van der Waals surface area contributed by atoms with Gasteiger partial charge in [0.05, 0.1) is 39.3 Å². The van der Waals surface area contributed by atoms with E-state index < -0.39 is 0 Å². The fraction of sp³-hybridized carbons (Fsp3) is 0.455. The van der Waals surface area contributed by atoms with Crippen molar-refractivity contribution in [1.82, 2.24) is 24.8 Å². The van der Waals surface area contributed by atoms with Crippen LogP contribution in [0, 0.1) is 0 Å². The van der Waals surface area contributed by atoms with Gasteiger partial charge in [-0.25, -0.2) is 9.97 Å². The maximum atomic E-state index is 6.00. The number of fused-ring (bicyclic) bond motifs is 1. The lowest BCUT2D eigenvalue weighted by Gasteiger charge is -2.36. The zero-order valence-electron chi connectivity index (χ0n) is 18.7. The van der Waals surface area contributed by atoms with Crippen LogP contribution in [0.4, 0.5) is 11.8 Å². The molecule has 2 aromatic heterocycles. The van der Waals surface area contributed by atoms with Crippen LogP contribution in [0.25, 0.3) is 22.4 Å². The molecule has 4 heterocycles. The van der Waals surface area contributed by atoms with Crippen LogP contribution in [0.1, 0.15) is 0 Å². The second-order valence-corrected chi connectivity index (χ2v) is 7.86. The number of ether oxygens (including phenoxy) is 4. The highest BCUT2D eigenvalue weighted by atomic mass is 16.7. The van der Waals surface area contributed by atoms with Crippen molar-refractivity contribution in [3.63, 3.8) is 0 Å². The second-order valence-electron chi connectivity index (χ2n) is 7.86. The molecule has 1 aromatic carbocycles. The highest BCUT2D eigenvalue weighted by Gasteiger charge is 2.25. The summed E-state index contributed by atoms with van der Waals surface area (Å²) in [6, 6.07) is 5.64. The van der Waals surface area contributed by atoms with Gasteiger partial charge in [-0.3, -0.25) is 4.90 Å². The van der Waals surface area contributed by atoms with E-state index in [0.717, 1.165) is 38.3 Å². The van der Waals surface area contributed by atoms with E-state index in [-0.39, 0.29) is 12.2 Å². The standard InChI is InChI=1S/C22H27N7O4/c1-30-16-4-3-14(11-17(16)31-2)15-12-24-20-19(25-15)21(27-22(23)26-20)29-7-5-28(6-8-29)13-18-32-9-10-33-18/h3-4,11-12,18H,5-10,13H2,1-2H3,(H2,23,24,26,27). The summed E-state index contributed by atoms with van der Waals surface area (Å²) >= 11 is 0. The van der Waals surface area contributed by atoms with E-state index in [0.29, 0.717) is 47.4 Å². The second kappa shape index (κ2) is 9.30. The molecule has 0 radical (unpaired) electrons. The number of aromatic nitrogens is 4. The van der Waals surface area contributed by atoms with Crippen LogP contribution in [0.2, 0.25) is 0 Å². The molecule has 0 aliphatic carbocycles. The summed E-state index contributed by atoms with van der Waals surface area (Å²) in [6.45, 7) is 5.37. The molecule has 0 atom stereocenters. The van der Waals surface area contributed by atoms with E-state index in [9.17, 15) is 0 Å². The van der Waals surface area contributed by atoms with Crippen LogP contribution < -0.4 is 20.1 Å². The molecule has 0 unspecified atom stereocenters. The van der Waals surface area contributed by atoms with Gasteiger partial charge in [0.15, 0.2) is 34.8 Å². The summed E-state index contributed by atoms with van der Waals surface area (Å²) in [5.74, 6) is 2.15. The number of anilines is 2. The molecule has 0 amide bonds. The van der Waals surface area contributed by atoms with Crippen LogP contribution in [0.15, 0.2) is 24.4 Å². The van der Waals surface area contributed by atoms with Gasteiger partial charge < -0.3 is 29.6 Å². The summed E-state index contributed by atoms with van der Waals surface area (Å²) in [7, 11) is 3.21. The number of nitrogens with zero attached hydrogens (tertiary/aromatic N) is 6. The molecule has 2 N–H and O–H groups in total. The Labute approximate surface area is 191 Å². The third-order valence-electron chi connectivity index (χ3n) is 5.86. The molecule has 0 spiro atoms. The number of hydrogen-bond donors (Lipinski definition) is 1. The minimum Gasteiger partial charge on any atom is -0.493 e. The first-order valence-electron chi connectivity index (χ1n) is 10.9. The first-order chi connectivity index (χ1) is 16.1. The number of nitrogen functional groups attached to an aromatic ring is 1. The van der Waals surface area contributed by atoms with E-state index in [1.165, 1.54) is 0 Å². The normalized spacial score (nSPS) is 17.6. The highest BCUT2D eigenvalue weighted by molar-refractivity contribution is 5.86. The minimum atomic E-state index is -0.137. The van der Waals surface area contributed by atoms with Crippen LogP contribution >= 0.6 is 0 Å². The van der Waals surface area contributed by atoms with Gasteiger partial charge in [0.2, 0.25) is 5.95 Å². The van der Waals surface area contributed by atoms with Crippen molar-refractivity contribution in [2.24, 2.45) is 0 Å². The van der Waals surface area contributed by atoms with Gasteiger partial charge >= 0.3 is 0 Å². The third kappa shape index (κ3) is 4.47. The van der Waals surface area contributed by atoms with Gasteiger partial charge in [0.1, 0.15) is 0 Å². The van der Waals surface area contributed by atoms with Crippen LogP contribution in [-0.2, 0) is 9.47 Å². The first kappa shape index (κ1) is 21.6. The van der Waals surface area contributed by atoms with Gasteiger partial charge in [-0.2, -0.15) is 9.97 Å². The lowest BCUT2D eigenvalue weighted by Crippen LogP contribution is -2.49. The number of rotatable bonds is 6. The van der Waals surface area contributed by atoms with Gasteiger partial charge in [-0.15, -0.1) is 0 Å². The Morgan fingerprint density at radius 1 is 1.00 bits per heavy atom. The fourth-order valence-electron chi connectivity index (χ4n) is 4.13. The Morgan fingerprint density at radius 2 is 1.76 bits per heavy atom. The Balaban J connectivity index is 1.42. The predicted octanol–water partition coefficient (Wildman–Crippen LogP) is 1.18. The maximum Gasteiger partial charge on any atom is 0.224 e. The molecule has 174 valence electrons. The Hall–Kier alpha value is -3.28. The van der Waals surface area contributed by atoms with Crippen molar-refractivity contribution in [3.05, 3.63) is 24.4 Å². The topological polar surface area (TPSA) is 121 Å². The van der Waals surface area contributed by atoms with Gasteiger partial charge in [0, 0.05) is 38.3 Å². The zero-order valence-corrected chi connectivity index (χ0v) is 18.7. The maximum absolute atomic E-state index is 6.00. The molecule has 5 rings (SSSR count). The number of hydrogen-bond acceptors (Lipinski definition) is 11. The van der Waals surface area contributed by atoms with Crippen molar-refractivity contribution in [1.29, 1.82) is 0 Å². The number of benzene rings is 1. The average molecular weight is 454 g/mol. The molecular formula is C22H27N7O4. The lowest BCUT2D eigenvalue weighted by molar-refractivity contribution is -0.0624. The Bertz CT molecular complexity index is 1130. The van der Waals surface area contributed by atoms with Gasteiger partial charge in [0.25, 0.3) is 0 Å². The first-order valence-corrected chi connectivity index (χ1v) is 10.9. The van der Waals surface area contributed by atoms with E-state index in [4.69, 9.17) is 29.7 Å². The summed E-state index contributed by atoms with van der Waals surface area (Å²) in [5, 5.41) is 0. The largest absolute Gasteiger partial charge is 0.493 e. The molecule has 3 aromatic rings. The third-order valence-corrected chi connectivity index (χ3v) is 5.86. The molecule has 2 aliphatic rings. The molecule has 0 bridgehead atoms. The minimum absolute atomic E-state index is 0.137. The predicted molar refractivity (Wildman–Crippen MR) is 122 cm³/mol. The van der Waals surface area contributed by atoms with E-state index in [2.05, 4.69) is 24.8 Å². The van der Waals surface area contributed by atoms with E-state index in [1.807, 2.05) is 18.2 Å². The van der Waals surface area contributed by atoms with Crippen molar-refractivity contribution in [2.75, 3.05) is 70.8 Å². The molecule has 0 saturated carbocycles. The van der Waals surface area contributed by atoms with Crippen molar-refractivity contribution >= 4 is 22.9 Å². The lowest BCUT2D eigenvalue weighted by atomic mass is 10.1. The van der Waals surface area contributed by atoms with Gasteiger partial charge in [-0.1, -0.05) is 0 Å². The number of nitrogens with two attached hydrogens (primary N) is 1. The number of piperazine rings is 1. The smallest absolute Gasteiger partial charge is 0.224 e. The van der Waals surface area contributed by atoms with Crippen molar-refractivity contribution in [2.45, 2.75) is 6.29 Å². The van der Waals surface area contributed by atoms with E-state index in [1.54, 1.807) is 20.4 Å². The zero-order chi connectivity index (χ0) is 22.8. The van der Waals surface area contributed by atoms with Crippen LogP contribution in [0.5, 0.6) is 11.5 Å². The Kier molecular flexibility index (Phi) is 6.07. The van der Waals surface area contributed by atoms with Crippen molar-refractivity contribution in [3.8, 4) is 22.8 Å². The van der Waals surface area contributed by atoms with Crippen molar-refractivity contribution < 1.29 is 18.9 Å². The summed E-state index contributed by atoms with van der Waals surface area (Å²) in [6.07, 6.45) is 1.54. The monoisotopic (exact) mass is 453 g/mol. The summed E-state index contributed by atoms with van der Waals surface area (Å²) in [5.41, 5.74) is 8.62. The van der Waals surface area contributed by atoms with E-state index >= 15 is 0 Å². The number of methoxy groups -OCH3 is 2.